The van der Waals surface area contributed by atoms with Gasteiger partial charge in [-0.3, -0.25) is 14.1 Å². The van der Waals surface area contributed by atoms with Gasteiger partial charge in [0.25, 0.3) is 5.91 Å². The lowest BCUT2D eigenvalue weighted by molar-refractivity contribution is 0.0943. The molecule has 33 heavy (non-hydrogen) atoms. The number of aromatic nitrogens is 4. The molecule has 1 saturated heterocycles. The van der Waals surface area contributed by atoms with Gasteiger partial charge < -0.3 is 11.1 Å². The Morgan fingerprint density at radius 3 is 2.70 bits per heavy atom. The Bertz CT molecular complexity index is 1330. The lowest BCUT2D eigenvalue weighted by atomic mass is 10.1. The summed E-state index contributed by atoms with van der Waals surface area (Å²) in [5.41, 5.74) is 10.1. The molecule has 0 spiro atoms. The average Bonchev–Trinajstić information content (AvgIpc) is 3.43. The molecule has 0 aliphatic carbocycles. The van der Waals surface area contributed by atoms with Crippen LogP contribution in [-0.2, 0) is 0 Å². The molecule has 0 bridgehead atoms. The van der Waals surface area contributed by atoms with Crippen molar-refractivity contribution in [3.05, 3.63) is 59.8 Å². The van der Waals surface area contributed by atoms with Gasteiger partial charge in [0, 0.05) is 48.4 Å². The molecule has 1 amide bonds. The SMILES string of the molecule is CC(C)NC(=O)c1ccc2ccc(-c3nnc4ccc(C(C)N5CCC(N)C5)cn34)nc2c1. The van der Waals surface area contributed by atoms with E-state index in [1.165, 1.54) is 5.56 Å². The summed E-state index contributed by atoms with van der Waals surface area (Å²) in [5, 5.41) is 12.6. The summed E-state index contributed by atoms with van der Waals surface area (Å²) in [6.07, 6.45) is 3.13. The Hall–Kier alpha value is -3.36. The van der Waals surface area contributed by atoms with E-state index in [0.29, 0.717) is 17.1 Å². The summed E-state index contributed by atoms with van der Waals surface area (Å²) in [6.45, 7) is 8.01. The van der Waals surface area contributed by atoms with Gasteiger partial charge in [-0.1, -0.05) is 18.2 Å². The van der Waals surface area contributed by atoms with Gasteiger partial charge in [0.05, 0.1) is 5.52 Å². The summed E-state index contributed by atoms with van der Waals surface area (Å²) in [4.78, 5) is 19.7. The minimum atomic E-state index is -0.104. The zero-order chi connectivity index (χ0) is 23.1. The van der Waals surface area contributed by atoms with Crippen molar-refractivity contribution < 1.29 is 4.79 Å². The number of fused-ring (bicyclic) bond motifs is 2. The molecular weight excluding hydrogens is 414 g/mol. The van der Waals surface area contributed by atoms with Gasteiger partial charge in [-0.05, 0) is 57.0 Å². The molecule has 4 heterocycles. The molecular formula is C25H29N7O. The molecule has 1 aromatic carbocycles. The summed E-state index contributed by atoms with van der Waals surface area (Å²) in [5.74, 6) is 0.573. The number of nitrogens with one attached hydrogen (secondary N) is 1. The third-order valence-corrected chi connectivity index (χ3v) is 6.31. The second-order valence-electron chi connectivity index (χ2n) is 9.17. The van der Waals surface area contributed by atoms with E-state index >= 15 is 0 Å². The lowest BCUT2D eigenvalue weighted by Gasteiger charge is -2.24. The second-order valence-corrected chi connectivity index (χ2v) is 9.17. The normalized spacial score (nSPS) is 17.8. The van der Waals surface area contributed by atoms with Crippen LogP contribution in [0.4, 0.5) is 0 Å². The number of nitrogens with zero attached hydrogens (tertiary/aromatic N) is 5. The average molecular weight is 444 g/mol. The fourth-order valence-electron chi connectivity index (χ4n) is 4.44. The van der Waals surface area contributed by atoms with E-state index in [1.807, 2.05) is 54.6 Å². The number of carbonyl (C=O) groups is 1. The van der Waals surface area contributed by atoms with Crippen molar-refractivity contribution in [1.82, 2.24) is 29.8 Å². The summed E-state index contributed by atoms with van der Waals surface area (Å²) in [7, 11) is 0. The van der Waals surface area contributed by atoms with Crippen LogP contribution in [0.25, 0.3) is 28.1 Å². The van der Waals surface area contributed by atoms with Crippen molar-refractivity contribution in [3.63, 3.8) is 0 Å². The van der Waals surface area contributed by atoms with Crippen molar-refractivity contribution >= 4 is 22.5 Å². The highest BCUT2D eigenvalue weighted by Gasteiger charge is 2.25. The fourth-order valence-corrected chi connectivity index (χ4v) is 4.44. The summed E-state index contributed by atoms with van der Waals surface area (Å²) in [6, 6.07) is 14.2. The van der Waals surface area contributed by atoms with Gasteiger partial charge in [0.1, 0.15) is 5.69 Å². The van der Waals surface area contributed by atoms with Gasteiger partial charge in [-0.2, -0.15) is 0 Å². The molecule has 0 radical (unpaired) electrons. The first-order valence-electron chi connectivity index (χ1n) is 11.5. The Balaban J connectivity index is 1.51. The van der Waals surface area contributed by atoms with E-state index in [4.69, 9.17) is 10.7 Å². The van der Waals surface area contributed by atoms with Crippen molar-refractivity contribution in [3.8, 4) is 11.5 Å². The van der Waals surface area contributed by atoms with Crippen LogP contribution in [0.15, 0.2) is 48.7 Å². The topological polar surface area (TPSA) is 101 Å². The summed E-state index contributed by atoms with van der Waals surface area (Å²) >= 11 is 0. The minimum Gasteiger partial charge on any atom is -0.350 e. The Morgan fingerprint density at radius 1 is 1.12 bits per heavy atom. The molecule has 2 unspecified atom stereocenters. The van der Waals surface area contributed by atoms with Crippen molar-refractivity contribution in [1.29, 1.82) is 0 Å². The molecule has 1 aliphatic rings. The quantitative estimate of drug-likeness (QED) is 0.491. The number of nitrogens with two attached hydrogens (primary N) is 1. The monoisotopic (exact) mass is 443 g/mol. The van der Waals surface area contributed by atoms with Crippen molar-refractivity contribution in [2.45, 2.75) is 45.3 Å². The van der Waals surface area contributed by atoms with E-state index < -0.39 is 0 Å². The predicted octanol–water partition coefficient (Wildman–Crippen LogP) is 3.18. The van der Waals surface area contributed by atoms with E-state index in [2.05, 4.69) is 39.6 Å². The first kappa shape index (κ1) is 21.5. The number of carbonyl (C=O) groups excluding carboxylic acids is 1. The molecule has 4 aromatic rings. The van der Waals surface area contributed by atoms with Crippen LogP contribution in [-0.4, -0.2) is 55.6 Å². The molecule has 5 rings (SSSR count). The van der Waals surface area contributed by atoms with Gasteiger partial charge in [0.2, 0.25) is 0 Å². The largest absolute Gasteiger partial charge is 0.350 e. The number of benzene rings is 1. The molecule has 0 saturated carbocycles. The lowest BCUT2D eigenvalue weighted by Crippen LogP contribution is -2.29. The second kappa shape index (κ2) is 8.53. The standard InChI is InChI=1S/C25H29N7O/c1-15(2)27-25(33)18-5-4-17-6-8-21(28-22(17)12-18)24-30-29-23-9-7-19(13-32(23)24)16(3)31-11-10-20(26)14-31/h4-9,12-13,15-16,20H,10-11,14,26H2,1-3H3,(H,27,33). The maximum absolute atomic E-state index is 12.4. The van der Waals surface area contributed by atoms with Crippen molar-refractivity contribution in [2.75, 3.05) is 13.1 Å². The smallest absolute Gasteiger partial charge is 0.251 e. The van der Waals surface area contributed by atoms with Gasteiger partial charge in [0.15, 0.2) is 11.5 Å². The first-order chi connectivity index (χ1) is 15.9. The number of amides is 1. The highest BCUT2D eigenvalue weighted by atomic mass is 16.1. The number of rotatable bonds is 5. The van der Waals surface area contributed by atoms with Gasteiger partial charge >= 0.3 is 0 Å². The summed E-state index contributed by atoms with van der Waals surface area (Å²) < 4.78 is 1.99. The zero-order valence-electron chi connectivity index (χ0n) is 19.2. The first-order valence-corrected chi connectivity index (χ1v) is 11.5. The molecule has 8 heteroatoms. The number of pyridine rings is 2. The molecule has 8 nitrogen and oxygen atoms in total. The molecule has 1 aliphatic heterocycles. The maximum Gasteiger partial charge on any atom is 0.251 e. The van der Waals surface area contributed by atoms with Gasteiger partial charge in [-0.15, -0.1) is 10.2 Å². The fraction of sp³-hybridized carbons (Fsp3) is 0.360. The molecule has 3 N–H and O–H groups in total. The molecule has 3 aromatic heterocycles. The van der Waals surface area contributed by atoms with Crippen LogP contribution in [0.3, 0.4) is 0 Å². The van der Waals surface area contributed by atoms with Crippen LogP contribution in [0.2, 0.25) is 0 Å². The van der Waals surface area contributed by atoms with E-state index in [0.717, 1.165) is 36.1 Å². The zero-order valence-corrected chi connectivity index (χ0v) is 19.2. The predicted molar refractivity (Wildman–Crippen MR) is 129 cm³/mol. The van der Waals surface area contributed by atoms with Crippen LogP contribution in [0, 0.1) is 0 Å². The molecule has 170 valence electrons. The van der Waals surface area contributed by atoms with Crippen LogP contribution < -0.4 is 11.1 Å². The van der Waals surface area contributed by atoms with Crippen LogP contribution in [0.5, 0.6) is 0 Å². The number of hydrogen-bond acceptors (Lipinski definition) is 6. The maximum atomic E-state index is 12.4. The van der Waals surface area contributed by atoms with E-state index in [-0.39, 0.29) is 24.0 Å². The third-order valence-electron chi connectivity index (χ3n) is 6.31. The van der Waals surface area contributed by atoms with E-state index in [1.54, 1.807) is 0 Å². The highest BCUT2D eigenvalue weighted by molar-refractivity contribution is 5.98. The van der Waals surface area contributed by atoms with Crippen LogP contribution in [0.1, 0.15) is 49.2 Å². The van der Waals surface area contributed by atoms with E-state index in [9.17, 15) is 4.79 Å². The molecule has 2 atom stereocenters. The minimum absolute atomic E-state index is 0.0720. The highest BCUT2D eigenvalue weighted by Crippen LogP contribution is 2.27. The number of likely N-dealkylation sites (tertiary alicyclic amines) is 1. The Labute approximate surface area is 192 Å². The van der Waals surface area contributed by atoms with Gasteiger partial charge in [-0.25, -0.2) is 4.98 Å². The third kappa shape index (κ3) is 4.19. The Morgan fingerprint density at radius 2 is 1.94 bits per heavy atom. The van der Waals surface area contributed by atoms with Crippen LogP contribution >= 0.6 is 0 Å². The molecule has 1 fully saturated rings. The Kier molecular flexibility index (Phi) is 5.55. The number of hydrogen-bond donors (Lipinski definition) is 2. The van der Waals surface area contributed by atoms with Crippen molar-refractivity contribution in [2.24, 2.45) is 5.73 Å².